The largest absolute Gasteiger partial charge is 1.00 e. The highest BCUT2D eigenvalue weighted by atomic mass is 35.5. The van der Waals surface area contributed by atoms with Crippen LogP contribution in [0, 0.1) is 0 Å². The molecule has 0 aromatic carbocycles. The summed E-state index contributed by atoms with van der Waals surface area (Å²) in [5, 5.41) is 0. The number of aryl methyl sites for hydroxylation is 1. The third kappa shape index (κ3) is 9.82. The van der Waals surface area contributed by atoms with E-state index in [0.717, 1.165) is 18.7 Å². The lowest BCUT2D eigenvalue weighted by molar-refractivity contribution is -0.679. The summed E-state index contributed by atoms with van der Waals surface area (Å²) in [5.74, 6) is 0.822. The van der Waals surface area contributed by atoms with Crippen LogP contribution in [0.5, 0.6) is 0 Å². The first-order chi connectivity index (χ1) is 10.2. The van der Waals surface area contributed by atoms with Crippen LogP contribution < -0.4 is 17.0 Å². The Balaban J connectivity index is 0.00000441. The van der Waals surface area contributed by atoms with Gasteiger partial charge in [0.2, 0.25) is 0 Å². The zero-order valence-electron chi connectivity index (χ0n) is 14.1. The van der Waals surface area contributed by atoms with Gasteiger partial charge in [-0.2, -0.15) is 0 Å². The number of hydrogen-bond donors (Lipinski definition) is 1. The van der Waals surface area contributed by atoms with Crippen LogP contribution in [0.1, 0.15) is 77.0 Å². The van der Waals surface area contributed by atoms with E-state index in [4.69, 9.17) is 4.74 Å². The van der Waals surface area contributed by atoms with E-state index in [1.165, 1.54) is 44.9 Å². The van der Waals surface area contributed by atoms with Gasteiger partial charge in [0, 0.05) is 6.42 Å². The van der Waals surface area contributed by atoms with Crippen molar-refractivity contribution >= 4 is 5.97 Å². The molecule has 0 bridgehead atoms. The molecule has 1 rings (SSSR count). The van der Waals surface area contributed by atoms with Gasteiger partial charge in [-0.25, -0.2) is 9.55 Å². The molecule has 22 heavy (non-hydrogen) atoms. The molecule has 0 aliphatic heterocycles. The Morgan fingerprint density at radius 1 is 1.09 bits per heavy atom. The molecular formula is C17H31ClN2O2. The number of carbonyl (C=O) groups is 1. The normalized spacial score (nSPS) is 10.3. The molecule has 1 aromatic rings. The standard InChI is InChI=1S/C17H30N2O2.ClH/c1-3-4-5-6-7-8-9-10-11-12-17(20)21-15-16-18-13-14-19(16)2;/h13-14H,3-12,15H2,1-2H3;1H. The molecule has 0 aliphatic rings. The van der Waals surface area contributed by atoms with E-state index in [2.05, 4.69) is 11.9 Å². The fraction of sp³-hybridized carbons (Fsp3) is 0.765. The first kappa shape index (κ1) is 21.0. The zero-order chi connectivity index (χ0) is 15.3. The average molecular weight is 331 g/mol. The molecule has 0 aliphatic carbocycles. The van der Waals surface area contributed by atoms with Crippen molar-refractivity contribution in [3.05, 3.63) is 18.2 Å². The summed E-state index contributed by atoms with van der Waals surface area (Å²) < 4.78 is 7.17. The third-order valence-electron chi connectivity index (χ3n) is 3.83. The van der Waals surface area contributed by atoms with E-state index in [1.54, 1.807) is 0 Å². The Labute approximate surface area is 141 Å². The lowest BCUT2D eigenvalue weighted by atomic mass is 10.1. The number of aromatic nitrogens is 2. The number of aromatic amines is 1. The van der Waals surface area contributed by atoms with Gasteiger partial charge < -0.3 is 17.1 Å². The molecule has 0 saturated heterocycles. The highest BCUT2D eigenvalue weighted by molar-refractivity contribution is 5.69. The van der Waals surface area contributed by atoms with Crippen molar-refractivity contribution in [2.75, 3.05) is 0 Å². The number of H-pyrrole nitrogens is 1. The van der Waals surface area contributed by atoms with Crippen molar-refractivity contribution in [1.82, 2.24) is 4.98 Å². The SMILES string of the molecule is CCCCCCCCCCCC(=O)OCc1[nH]cc[n+]1C.[Cl-]. The maximum atomic E-state index is 11.6. The van der Waals surface area contributed by atoms with Gasteiger partial charge in [-0.1, -0.05) is 58.3 Å². The highest BCUT2D eigenvalue weighted by Gasteiger charge is 2.10. The molecule has 0 fully saturated rings. The van der Waals surface area contributed by atoms with Crippen LogP contribution in [0.15, 0.2) is 12.4 Å². The Hall–Kier alpha value is -1.03. The lowest BCUT2D eigenvalue weighted by Crippen LogP contribution is -3.00. The summed E-state index contributed by atoms with van der Waals surface area (Å²) in [6.07, 6.45) is 15.7. The van der Waals surface area contributed by atoms with E-state index < -0.39 is 0 Å². The first-order valence-electron chi connectivity index (χ1n) is 8.41. The van der Waals surface area contributed by atoms with E-state index >= 15 is 0 Å². The second kappa shape index (κ2) is 13.6. The van der Waals surface area contributed by atoms with Gasteiger partial charge in [-0.15, -0.1) is 0 Å². The van der Waals surface area contributed by atoms with Gasteiger partial charge >= 0.3 is 5.97 Å². The quantitative estimate of drug-likeness (QED) is 0.350. The second-order valence-electron chi connectivity index (χ2n) is 5.76. The summed E-state index contributed by atoms with van der Waals surface area (Å²) in [6.45, 7) is 2.58. The molecule has 0 saturated carbocycles. The van der Waals surface area contributed by atoms with Crippen molar-refractivity contribution < 1.29 is 26.5 Å². The topological polar surface area (TPSA) is 46.0 Å². The van der Waals surface area contributed by atoms with Crippen LogP contribution in [0.2, 0.25) is 0 Å². The van der Waals surface area contributed by atoms with Gasteiger partial charge in [-0.05, 0) is 6.42 Å². The molecule has 1 N–H and O–H groups in total. The Bertz CT molecular complexity index is 394. The van der Waals surface area contributed by atoms with E-state index in [1.807, 2.05) is 24.0 Å². The number of nitrogens with zero attached hydrogens (tertiary/aromatic N) is 1. The Morgan fingerprint density at radius 3 is 2.23 bits per heavy atom. The molecular weight excluding hydrogens is 300 g/mol. The first-order valence-corrected chi connectivity index (χ1v) is 8.41. The molecule has 1 heterocycles. The van der Waals surface area contributed by atoms with Crippen molar-refractivity contribution in [3.63, 3.8) is 0 Å². The molecule has 0 spiro atoms. The summed E-state index contributed by atoms with van der Waals surface area (Å²) >= 11 is 0. The van der Waals surface area contributed by atoms with E-state index in [0.29, 0.717) is 13.0 Å². The molecule has 0 atom stereocenters. The van der Waals surface area contributed by atoms with Crippen molar-refractivity contribution in [3.8, 4) is 0 Å². The molecule has 1 aromatic heterocycles. The van der Waals surface area contributed by atoms with Crippen LogP contribution in [-0.4, -0.2) is 11.0 Å². The fourth-order valence-corrected chi connectivity index (χ4v) is 2.38. The molecule has 0 amide bonds. The molecule has 5 heteroatoms. The maximum absolute atomic E-state index is 11.6. The average Bonchev–Trinajstić information content (AvgIpc) is 2.89. The number of imidazole rings is 1. The lowest BCUT2D eigenvalue weighted by Gasteiger charge is -2.03. The fourth-order valence-electron chi connectivity index (χ4n) is 2.38. The van der Waals surface area contributed by atoms with Crippen LogP contribution in [-0.2, 0) is 23.2 Å². The number of halogens is 1. The van der Waals surface area contributed by atoms with Gasteiger partial charge in [0.25, 0.3) is 5.82 Å². The van der Waals surface area contributed by atoms with Crippen LogP contribution >= 0.6 is 0 Å². The van der Waals surface area contributed by atoms with Crippen LogP contribution in [0.4, 0.5) is 0 Å². The van der Waals surface area contributed by atoms with Crippen molar-refractivity contribution in [1.29, 1.82) is 0 Å². The van der Waals surface area contributed by atoms with Crippen molar-refractivity contribution in [2.24, 2.45) is 7.05 Å². The van der Waals surface area contributed by atoms with Crippen LogP contribution in [0.25, 0.3) is 0 Å². The second-order valence-corrected chi connectivity index (χ2v) is 5.76. The third-order valence-corrected chi connectivity index (χ3v) is 3.83. The highest BCUT2D eigenvalue weighted by Crippen LogP contribution is 2.10. The molecule has 0 radical (unpaired) electrons. The molecule has 0 unspecified atom stereocenters. The minimum Gasteiger partial charge on any atom is -1.00 e. The summed E-state index contributed by atoms with van der Waals surface area (Å²) in [5.41, 5.74) is 0. The Morgan fingerprint density at radius 2 is 1.68 bits per heavy atom. The number of hydrogen-bond acceptors (Lipinski definition) is 2. The van der Waals surface area contributed by atoms with Gasteiger partial charge in [-0.3, -0.25) is 4.79 Å². The number of nitrogens with one attached hydrogen (secondary N) is 1. The summed E-state index contributed by atoms with van der Waals surface area (Å²) in [6, 6.07) is 0. The minimum atomic E-state index is -0.0902. The van der Waals surface area contributed by atoms with Crippen LogP contribution in [0.3, 0.4) is 0 Å². The number of ether oxygens (including phenoxy) is 1. The van der Waals surface area contributed by atoms with E-state index in [-0.39, 0.29) is 18.4 Å². The minimum absolute atomic E-state index is 0. The van der Waals surface area contributed by atoms with E-state index in [9.17, 15) is 4.79 Å². The zero-order valence-corrected chi connectivity index (χ0v) is 14.8. The smallest absolute Gasteiger partial charge is 0.306 e. The summed E-state index contributed by atoms with van der Waals surface area (Å²) in [4.78, 5) is 14.7. The summed E-state index contributed by atoms with van der Waals surface area (Å²) in [7, 11) is 1.93. The van der Waals surface area contributed by atoms with Gasteiger partial charge in [0.1, 0.15) is 12.4 Å². The number of rotatable bonds is 12. The van der Waals surface area contributed by atoms with Gasteiger partial charge in [0.15, 0.2) is 6.61 Å². The molecule has 128 valence electrons. The maximum Gasteiger partial charge on any atom is 0.306 e. The van der Waals surface area contributed by atoms with Crippen molar-refractivity contribution in [2.45, 2.75) is 77.7 Å². The molecule has 4 nitrogen and oxygen atoms in total. The Kier molecular flexibility index (Phi) is 13.0. The number of unbranched alkanes of at least 4 members (excludes halogenated alkanes) is 8. The predicted molar refractivity (Wildman–Crippen MR) is 83.6 cm³/mol. The monoisotopic (exact) mass is 330 g/mol. The predicted octanol–water partition coefficient (Wildman–Crippen LogP) is 0.807. The number of carbonyl (C=O) groups excluding carboxylic acids is 1. The van der Waals surface area contributed by atoms with Gasteiger partial charge in [0.05, 0.1) is 7.05 Å². The number of esters is 1.